The predicted molar refractivity (Wildman–Crippen MR) is 113 cm³/mol. The number of benzene rings is 3. The number of para-hydroxylation sites is 2. The Balaban J connectivity index is 1.56. The first-order valence-electron chi connectivity index (χ1n) is 9.39. The van der Waals surface area contributed by atoms with Crippen LogP contribution in [0.4, 0.5) is 5.69 Å². The second-order valence-corrected chi connectivity index (χ2v) is 7.16. The first kappa shape index (κ1) is 16.6. The first-order chi connectivity index (χ1) is 13.6. The minimum absolute atomic E-state index is 0.821. The third kappa shape index (κ3) is 2.49. The summed E-state index contributed by atoms with van der Waals surface area (Å²) in [5.74, 6) is 2.79. The molecule has 0 atom stereocenters. The SMILES string of the molecule is CN1C(=Cc2n(C)c3ccccc3[n+]2C)Oc2ccc(-c3ccccc3)cc21. The molecule has 4 aromatic rings. The van der Waals surface area contributed by atoms with Gasteiger partial charge in [-0.25, -0.2) is 9.13 Å². The van der Waals surface area contributed by atoms with Gasteiger partial charge in [-0.05, 0) is 35.4 Å². The van der Waals surface area contributed by atoms with Crippen LogP contribution in [0.25, 0.3) is 28.2 Å². The first-order valence-corrected chi connectivity index (χ1v) is 9.39. The molecular formula is C24H22N3O+. The van der Waals surface area contributed by atoms with Crippen LogP contribution in [0.2, 0.25) is 0 Å². The van der Waals surface area contributed by atoms with Crippen LogP contribution in [0.3, 0.4) is 0 Å². The number of hydrogen-bond donors (Lipinski definition) is 0. The van der Waals surface area contributed by atoms with Gasteiger partial charge in [0.1, 0.15) is 0 Å². The van der Waals surface area contributed by atoms with E-state index in [0.717, 1.165) is 23.1 Å². The fraction of sp³-hybridized carbons (Fsp3) is 0.125. The molecule has 0 bridgehead atoms. The molecule has 3 aromatic carbocycles. The van der Waals surface area contributed by atoms with Gasteiger partial charge in [0.25, 0.3) is 5.82 Å². The fourth-order valence-corrected chi connectivity index (χ4v) is 3.91. The predicted octanol–water partition coefficient (Wildman–Crippen LogP) is 4.50. The van der Waals surface area contributed by atoms with Crippen molar-refractivity contribution >= 4 is 22.8 Å². The van der Waals surface area contributed by atoms with Crippen molar-refractivity contribution < 1.29 is 9.30 Å². The van der Waals surface area contributed by atoms with E-state index in [1.807, 2.05) is 6.07 Å². The summed E-state index contributed by atoms with van der Waals surface area (Å²) in [4.78, 5) is 2.11. The lowest BCUT2D eigenvalue weighted by Gasteiger charge is -2.11. The minimum Gasteiger partial charge on any atom is -0.438 e. The van der Waals surface area contributed by atoms with Crippen LogP contribution in [-0.2, 0) is 14.1 Å². The summed E-state index contributed by atoms with van der Waals surface area (Å²) in [6, 6.07) is 25.2. The van der Waals surface area contributed by atoms with E-state index in [4.69, 9.17) is 4.74 Å². The van der Waals surface area contributed by atoms with Gasteiger partial charge < -0.3 is 9.64 Å². The number of aromatic nitrogens is 2. The average molecular weight is 368 g/mol. The maximum atomic E-state index is 6.18. The van der Waals surface area contributed by atoms with Crippen LogP contribution < -0.4 is 14.2 Å². The van der Waals surface area contributed by atoms with Crippen molar-refractivity contribution in [2.45, 2.75) is 0 Å². The summed E-state index contributed by atoms with van der Waals surface area (Å²) < 4.78 is 10.6. The molecule has 0 amide bonds. The monoisotopic (exact) mass is 368 g/mol. The van der Waals surface area contributed by atoms with Crippen molar-refractivity contribution in [3.63, 3.8) is 0 Å². The maximum Gasteiger partial charge on any atom is 0.287 e. The molecule has 1 aromatic heterocycles. The number of aryl methyl sites for hydroxylation is 2. The van der Waals surface area contributed by atoms with Gasteiger partial charge in [0.05, 0.1) is 25.9 Å². The second-order valence-electron chi connectivity index (χ2n) is 7.16. The van der Waals surface area contributed by atoms with Crippen molar-refractivity contribution in [2.24, 2.45) is 14.1 Å². The highest BCUT2D eigenvalue weighted by Gasteiger charge is 2.27. The molecule has 28 heavy (non-hydrogen) atoms. The zero-order valence-electron chi connectivity index (χ0n) is 16.3. The van der Waals surface area contributed by atoms with Crippen molar-refractivity contribution in [2.75, 3.05) is 11.9 Å². The standard InChI is InChI=1S/C24H22N3O/c1-25-19-11-7-8-12-20(19)26(2)23(25)16-24-27(3)21-15-18(13-14-22(21)28-24)17-9-5-4-6-10-17/h4-16H,1-3H3/q+1. The highest BCUT2D eigenvalue weighted by Crippen LogP contribution is 2.41. The Morgan fingerprint density at radius 2 is 1.61 bits per heavy atom. The third-order valence-electron chi connectivity index (χ3n) is 5.52. The van der Waals surface area contributed by atoms with Crippen LogP contribution in [-0.4, -0.2) is 11.6 Å². The fourth-order valence-electron chi connectivity index (χ4n) is 3.91. The topological polar surface area (TPSA) is 21.3 Å². The van der Waals surface area contributed by atoms with Crippen molar-refractivity contribution in [1.82, 2.24) is 4.57 Å². The van der Waals surface area contributed by atoms with Crippen LogP contribution in [0, 0.1) is 0 Å². The molecule has 2 heterocycles. The van der Waals surface area contributed by atoms with E-state index in [0.29, 0.717) is 0 Å². The third-order valence-corrected chi connectivity index (χ3v) is 5.52. The molecule has 0 aliphatic carbocycles. The molecule has 5 rings (SSSR count). The van der Waals surface area contributed by atoms with E-state index < -0.39 is 0 Å². The Bertz CT molecular complexity index is 1180. The Morgan fingerprint density at radius 1 is 0.857 bits per heavy atom. The summed E-state index contributed by atoms with van der Waals surface area (Å²) in [6.07, 6.45) is 2.10. The van der Waals surface area contributed by atoms with Crippen LogP contribution in [0.1, 0.15) is 5.82 Å². The van der Waals surface area contributed by atoms with Gasteiger partial charge in [0, 0.05) is 7.05 Å². The molecule has 0 unspecified atom stereocenters. The van der Waals surface area contributed by atoms with E-state index in [2.05, 4.69) is 108 Å². The second kappa shape index (κ2) is 6.27. The smallest absolute Gasteiger partial charge is 0.287 e. The van der Waals surface area contributed by atoms with Gasteiger partial charge in [0.15, 0.2) is 16.8 Å². The van der Waals surface area contributed by atoms with Gasteiger partial charge in [-0.3, -0.25) is 0 Å². The molecule has 0 radical (unpaired) electrons. The normalized spacial score (nSPS) is 14.5. The summed E-state index contributed by atoms with van der Waals surface area (Å²) in [5, 5.41) is 0. The Hall–Kier alpha value is -3.53. The molecule has 0 saturated carbocycles. The lowest BCUT2D eigenvalue weighted by atomic mass is 10.0. The molecule has 4 heteroatoms. The largest absolute Gasteiger partial charge is 0.438 e. The number of imidazole rings is 1. The van der Waals surface area contributed by atoms with E-state index in [9.17, 15) is 0 Å². The minimum atomic E-state index is 0.821. The molecule has 0 N–H and O–H groups in total. The maximum absolute atomic E-state index is 6.18. The average Bonchev–Trinajstić information content (AvgIpc) is 3.18. The zero-order valence-corrected chi connectivity index (χ0v) is 16.3. The van der Waals surface area contributed by atoms with E-state index in [1.165, 1.54) is 22.2 Å². The van der Waals surface area contributed by atoms with Gasteiger partial charge >= 0.3 is 0 Å². The number of rotatable bonds is 2. The molecule has 0 saturated heterocycles. The van der Waals surface area contributed by atoms with Crippen LogP contribution >= 0.6 is 0 Å². The summed E-state index contributed by atoms with van der Waals surface area (Å²) in [7, 11) is 6.23. The Morgan fingerprint density at radius 3 is 2.39 bits per heavy atom. The van der Waals surface area contributed by atoms with Crippen LogP contribution in [0.5, 0.6) is 5.75 Å². The number of anilines is 1. The molecule has 0 fully saturated rings. The van der Waals surface area contributed by atoms with Crippen LogP contribution in [0.15, 0.2) is 78.7 Å². The van der Waals surface area contributed by atoms with E-state index in [-0.39, 0.29) is 0 Å². The van der Waals surface area contributed by atoms with Gasteiger partial charge in [-0.15, -0.1) is 0 Å². The highest BCUT2D eigenvalue weighted by molar-refractivity contribution is 5.78. The van der Waals surface area contributed by atoms with Crippen molar-refractivity contribution in [3.8, 4) is 16.9 Å². The number of fused-ring (bicyclic) bond motifs is 2. The molecular weight excluding hydrogens is 346 g/mol. The molecule has 1 aliphatic heterocycles. The van der Waals surface area contributed by atoms with Crippen molar-refractivity contribution in [3.05, 3.63) is 84.5 Å². The van der Waals surface area contributed by atoms with Gasteiger partial charge in [-0.2, -0.15) is 0 Å². The summed E-state index contributed by atoms with van der Waals surface area (Å²) in [5.41, 5.74) is 5.86. The zero-order chi connectivity index (χ0) is 19.3. The lowest BCUT2D eigenvalue weighted by Crippen LogP contribution is -2.31. The Labute approximate surface area is 164 Å². The summed E-state index contributed by atoms with van der Waals surface area (Å²) in [6.45, 7) is 0. The molecule has 138 valence electrons. The molecule has 0 spiro atoms. The van der Waals surface area contributed by atoms with E-state index in [1.54, 1.807) is 0 Å². The molecule has 4 nitrogen and oxygen atoms in total. The van der Waals surface area contributed by atoms with Gasteiger partial charge in [0.2, 0.25) is 5.88 Å². The summed E-state index contributed by atoms with van der Waals surface area (Å²) >= 11 is 0. The number of hydrogen-bond acceptors (Lipinski definition) is 2. The number of ether oxygens (including phenoxy) is 1. The van der Waals surface area contributed by atoms with Gasteiger partial charge in [-0.1, -0.05) is 48.5 Å². The lowest BCUT2D eigenvalue weighted by molar-refractivity contribution is -0.647. The quantitative estimate of drug-likeness (QED) is 0.486. The van der Waals surface area contributed by atoms with Crippen molar-refractivity contribution in [1.29, 1.82) is 0 Å². The highest BCUT2D eigenvalue weighted by atomic mass is 16.5. The Kier molecular flexibility index (Phi) is 3.72. The molecule has 1 aliphatic rings. The van der Waals surface area contributed by atoms with E-state index >= 15 is 0 Å². The number of nitrogens with zero attached hydrogens (tertiary/aromatic N) is 3.